The molecule has 4 rings (SSSR count). The molecule has 3 aliphatic heterocycles. The quantitative estimate of drug-likeness (QED) is 0.0753. The summed E-state index contributed by atoms with van der Waals surface area (Å²) in [5.41, 5.74) is 10.0. The van der Waals surface area contributed by atoms with Gasteiger partial charge in [-0.15, -0.1) is 0 Å². The average Bonchev–Trinajstić information content (AvgIpc) is 2.79. The molecule has 13 nitrogen and oxygen atoms in total. The van der Waals surface area contributed by atoms with Crippen molar-refractivity contribution >= 4 is 35.6 Å². The number of carboxylic acid groups (broad SMARTS) is 1. The second-order valence-electron chi connectivity index (χ2n) is 8.62. The van der Waals surface area contributed by atoms with E-state index in [0.29, 0.717) is 6.42 Å². The van der Waals surface area contributed by atoms with Crippen LogP contribution in [0.3, 0.4) is 0 Å². The van der Waals surface area contributed by atoms with E-state index in [-0.39, 0.29) is 38.4 Å². The Hall–Kier alpha value is -4.16. The van der Waals surface area contributed by atoms with Gasteiger partial charge in [-0.25, -0.2) is 0 Å². The standard InChI is InChI=1S/C22H29N7O6/c23-21(24)25-8-4-7-14-18(33)27-15(9-17(31)32)19(34)28-22(10-13-5-2-1-3-6-13)12-29(20(22)35)11-16(30)26-14/h1-3,5-6,14-15H,4,7-12H2,(H,26,30)(H,27,33)(H,28,34)(H,31,32)(H4,23,24,25)/t14-,15-,22-/m0/s1. The number of aliphatic imine (C=N–C) groups is 1. The number of hydrogen-bond donors (Lipinski definition) is 6. The van der Waals surface area contributed by atoms with Crippen molar-refractivity contribution in [2.45, 2.75) is 43.3 Å². The van der Waals surface area contributed by atoms with Crippen molar-refractivity contribution in [3.8, 4) is 0 Å². The van der Waals surface area contributed by atoms with Gasteiger partial charge >= 0.3 is 5.97 Å². The van der Waals surface area contributed by atoms with Gasteiger partial charge in [-0.2, -0.15) is 0 Å². The summed E-state index contributed by atoms with van der Waals surface area (Å²) in [6.07, 6.45) is -0.0974. The number of nitrogens with one attached hydrogen (secondary N) is 3. The fraction of sp³-hybridized carbons (Fsp3) is 0.455. The van der Waals surface area contributed by atoms with E-state index < -0.39 is 53.6 Å². The number of nitrogens with two attached hydrogens (primary N) is 2. The van der Waals surface area contributed by atoms with Gasteiger partial charge in [0, 0.05) is 13.0 Å². The number of carboxylic acids is 1. The second-order valence-corrected chi connectivity index (χ2v) is 8.62. The summed E-state index contributed by atoms with van der Waals surface area (Å²) >= 11 is 0. The van der Waals surface area contributed by atoms with E-state index in [2.05, 4.69) is 20.9 Å². The summed E-state index contributed by atoms with van der Waals surface area (Å²) in [4.78, 5) is 68.3. The van der Waals surface area contributed by atoms with Gasteiger partial charge < -0.3 is 37.4 Å². The highest BCUT2D eigenvalue weighted by molar-refractivity contribution is 6.02. The Bertz CT molecular complexity index is 1030. The second kappa shape index (κ2) is 10.8. The predicted octanol–water partition coefficient (Wildman–Crippen LogP) is -2.56. The molecule has 35 heavy (non-hydrogen) atoms. The molecule has 0 saturated carbocycles. The van der Waals surface area contributed by atoms with Crippen LogP contribution in [0.5, 0.6) is 0 Å². The van der Waals surface area contributed by atoms with Crippen LogP contribution in [-0.2, 0) is 30.4 Å². The molecule has 1 aromatic rings. The molecule has 3 fully saturated rings. The van der Waals surface area contributed by atoms with E-state index in [1.165, 1.54) is 4.90 Å². The predicted molar refractivity (Wildman–Crippen MR) is 124 cm³/mol. The van der Waals surface area contributed by atoms with Gasteiger partial charge in [0.1, 0.15) is 17.6 Å². The van der Waals surface area contributed by atoms with Crippen molar-refractivity contribution in [1.29, 1.82) is 0 Å². The third-order valence-corrected chi connectivity index (χ3v) is 5.81. The van der Waals surface area contributed by atoms with Gasteiger partial charge in [0.15, 0.2) is 5.96 Å². The first-order valence-corrected chi connectivity index (χ1v) is 11.1. The third kappa shape index (κ3) is 6.46. The van der Waals surface area contributed by atoms with Gasteiger partial charge in [0.2, 0.25) is 17.7 Å². The first-order chi connectivity index (χ1) is 16.6. The molecule has 3 saturated heterocycles. The molecule has 1 aromatic carbocycles. The van der Waals surface area contributed by atoms with Crippen molar-refractivity contribution < 1.29 is 29.1 Å². The maximum atomic E-state index is 13.1. The van der Waals surface area contributed by atoms with Gasteiger partial charge in [0.25, 0.3) is 5.91 Å². The van der Waals surface area contributed by atoms with Crippen molar-refractivity contribution in [1.82, 2.24) is 20.9 Å². The lowest BCUT2D eigenvalue weighted by Gasteiger charge is -2.49. The largest absolute Gasteiger partial charge is 0.481 e. The Morgan fingerprint density at radius 3 is 2.43 bits per heavy atom. The van der Waals surface area contributed by atoms with Crippen LogP contribution in [0.1, 0.15) is 24.8 Å². The van der Waals surface area contributed by atoms with Crippen LogP contribution in [0.25, 0.3) is 0 Å². The first-order valence-electron chi connectivity index (χ1n) is 11.1. The lowest BCUT2D eigenvalue weighted by molar-refractivity contribution is -0.159. The molecular weight excluding hydrogens is 458 g/mol. The maximum absolute atomic E-state index is 13.1. The van der Waals surface area contributed by atoms with E-state index in [4.69, 9.17) is 11.5 Å². The van der Waals surface area contributed by atoms with Gasteiger partial charge in [-0.05, 0) is 18.4 Å². The summed E-state index contributed by atoms with van der Waals surface area (Å²) < 4.78 is 0. The molecule has 8 N–H and O–H groups in total. The fourth-order valence-corrected chi connectivity index (χ4v) is 4.18. The molecule has 3 atom stereocenters. The Morgan fingerprint density at radius 1 is 1.09 bits per heavy atom. The zero-order valence-electron chi connectivity index (χ0n) is 19.0. The number of β-lactam (4-membered cyclic amide) rings is 1. The monoisotopic (exact) mass is 487 g/mol. The van der Waals surface area contributed by atoms with Gasteiger partial charge in [0.05, 0.1) is 19.5 Å². The van der Waals surface area contributed by atoms with Crippen LogP contribution in [0.15, 0.2) is 35.3 Å². The number of fused-ring (bicyclic) bond motifs is 8. The summed E-state index contributed by atoms with van der Waals surface area (Å²) in [7, 11) is 0. The number of hydrogen-bond acceptors (Lipinski definition) is 6. The Morgan fingerprint density at radius 2 is 1.80 bits per heavy atom. The van der Waals surface area contributed by atoms with Crippen LogP contribution in [0, 0.1) is 0 Å². The highest BCUT2D eigenvalue weighted by atomic mass is 16.4. The molecule has 3 aliphatic rings. The number of guanidine groups is 1. The van der Waals surface area contributed by atoms with Crippen LogP contribution >= 0.6 is 0 Å². The van der Waals surface area contributed by atoms with E-state index in [0.717, 1.165) is 5.56 Å². The zero-order chi connectivity index (χ0) is 25.6. The van der Waals surface area contributed by atoms with Crippen molar-refractivity contribution in [3.05, 3.63) is 35.9 Å². The molecule has 0 radical (unpaired) electrons. The van der Waals surface area contributed by atoms with Crippen molar-refractivity contribution in [3.63, 3.8) is 0 Å². The number of benzene rings is 1. The smallest absolute Gasteiger partial charge is 0.305 e. The van der Waals surface area contributed by atoms with Crippen LogP contribution < -0.4 is 27.4 Å². The molecule has 0 aromatic heterocycles. The SMILES string of the molecule is NC(N)=NCCC[C@@H]1NC(=O)CN2C[C@](Cc3ccccc3)(NC(=O)[C@H](CC(=O)O)NC1=O)C2=O. The molecule has 3 heterocycles. The number of carbonyl (C=O) groups is 5. The van der Waals surface area contributed by atoms with E-state index in [1.807, 2.05) is 6.07 Å². The number of nitrogens with zero attached hydrogens (tertiary/aromatic N) is 2. The number of aliphatic carboxylic acids is 1. The number of amides is 4. The van der Waals surface area contributed by atoms with Gasteiger partial charge in [-0.1, -0.05) is 30.3 Å². The Labute approximate surface area is 201 Å². The Kier molecular flexibility index (Phi) is 7.89. The zero-order valence-corrected chi connectivity index (χ0v) is 19.0. The van der Waals surface area contributed by atoms with E-state index in [1.54, 1.807) is 24.3 Å². The minimum absolute atomic E-state index is 0.0583. The van der Waals surface area contributed by atoms with Crippen molar-refractivity contribution in [2.75, 3.05) is 19.6 Å². The lowest BCUT2D eigenvalue weighted by atomic mass is 9.81. The van der Waals surface area contributed by atoms with Crippen LogP contribution in [0.4, 0.5) is 0 Å². The highest BCUT2D eigenvalue weighted by Crippen LogP contribution is 2.28. The number of rotatable bonds is 8. The highest BCUT2D eigenvalue weighted by Gasteiger charge is 2.54. The van der Waals surface area contributed by atoms with E-state index in [9.17, 15) is 29.1 Å². The van der Waals surface area contributed by atoms with Crippen LogP contribution in [0.2, 0.25) is 0 Å². The maximum Gasteiger partial charge on any atom is 0.305 e. The molecule has 13 heteroatoms. The average molecular weight is 488 g/mol. The van der Waals surface area contributed by atoms with Crippen molar-refractivity contribution in [2.24, 2.45) is 16.5 Å². The Balaban J connectivity index is 1.84. The third-order valence-electron chi connectivity index (χ3n) is 5.81. The number of carbonyl (C=O) groups excluding carboxylic acids is 4. The molecular formula is C22H29N7O6. The lowest BCUT2D eigenvalue weighted by Crippen LogP contribution is -2.77. The summed E-state index contributed by atoms with van der Waals surface area (Å²) in [5.74, 6) is -3.98. The molecule has 0 spiro atoms. The topological polar surface area (TPSA) is 209 Å². The molecule has 4 amide bonds. The summed E-state index contributed by atoms with van der Waals surface area (Å²) in [6, 6.07) is 6.45. The molecule has 0 aliphatic carbocycles. The summed E-state index contributed by atoms with van der Waals surface area (Å²) in [6.45, 7) is -0.0299. The van der Waals surface area contributed by atoms with Gasteiger partial charge in [-0.3, -0.25) is 29.0 Å². The summed E-state index contributed by atoms with van der Waals surface area (Å²) in [5, 5.41) is 16.9. The normalized spacial score (nSPS) is 24.6. The fourth-order valence-electron chi connectivity index (χ4n) is 4.18. The molecule has 0 unspecified atom stereocenters. The first kappa shape index (κ1) is 25.5. The van der Waals surface area contributed by atoms with E-state index >= 15 is 0 Å². The minimum Gasteiger partial charge on any atom is -0.481 e. The minimum atomic E-state index is -1.45. The molecule has 188 valence electrons. The molecule has 2 bridgehead atoms. The van der Waals surface area contributed by atoms with Crippen LogP contribution in [-0.4, -0.2) is 82.8 Å².